The quantitative estimate of drug-likeness (QED) is 0.659. The fourth-order valence-corrected chi connectivity index (χ4v) is 3.88. The van der Waals surface area contributed by atoms with Crippen molar-refractivity contribution in [1.29, 1.82) is 0 Å². The number of nitro benzene ring substituents is 1. The van der Waals surface area contributed by atoms with Gasteiger partial charge in [-0.05, 0) is 12.8 Å². The average Bonchev–Trinajstić information content (AvgIpc) is 2.62. The van der Waals surface area contributed by atoms with Crippen molar-refractivity contribution in [3.05, 3.63) is 27.3 Å². The van der Waals surface area contributed by atoms with E-state index >= 15 is 0 Å². The van der Waals surface area contributed by atoms with Gasteiger partial charge in [0.2, 0.25) is 0 Å². The van der Waals surface area contributed by atoms with Crippen LogP contribution in [-0.4, -0.2) is 62.2 Å². The lowest BCUT2D eigenvalue weighted by Gasteiger charge is -2.41. The molecule has 0 aromatic heterocycles. The summed E-state index contributed by atoms with van der Waals surface area (Å²) >= 11 is 6.30. The first kappa shape index (κ1) is 17.3. The second kappa shape index (κ2) is 7.55. The second-order valence-electron chi connectivity index (χ2n) is 6.24. The zero-order valence-corrected chi connectivity index (χ0v) is 14.6. The summed E-state index contributed by atoms with van der Waals surface area (Å²) in [5.41, 5.74) is 0.722. The highest BCUT2D eigenvalue weighted by Crippen LogP contribution is 2.38. The Hall–Kier alpha value is -1.57. The van der Waals surface area contributed by atoms with Crippen molar-refractivity contribution in [2.75, 3.05) is 51.3 Å². The lowest BCUT2D eigenvalue weighted by atomic mass is 10.0. The molecule has 1 aromatic rings. The number of piperazine rings is 1. The monoisotopic (exact) mass is 354 g/mol. The Balaban J connectivity index is 1.70. The Kier molecular flexibility index (Phi) is 5.43. The maximum atomic E-state index is 11.1. The number of rotatable bonds is 4. The minimum Gasteiger partial charge on any atom is -0.490 e. The van der Waals surface area contributed by atoms with Crippen LogP contribution in [0, 0.1) is 10.1 Å². The van der Waals surface area contributed by atoms with E-state index < -0.39 is 4.92 Å². The molecule has 2 aliphatic heterocycles. The molecule has 8 heteroatoms. The predicted molar refractivity (Wildman–Crippen MR) is 94.3 cm³/mol. The molecule has 0 radical (unpaired) electrons. The fraction of sp³-hybridized carbons (Fsp3) is 0.625. The number of nitrogens with zero attached hydrogens (tertiary/aromatic N) is 3. The van der Waals surface area contributed by atoms with E-state index in [4.69, 9.17) is 16.3 Å². The van der Waals surface area contributed by atoms with Gasteiger partial charge in [0.05, 0.1) is 22.7 Å². The number of piperidine rings is 1. The first-order valence-electron chi connectivity index (χ1n) is 8.32. The molecule has 2 saturated heterocycles. The van der Waals surface area contributed by atoms with Crippen LogP contribution < -0.4 is 15.0 Å². The molecular formula is C16H23ClN4O3. The largest absolute Gasteiger partial charge is 0.490 e. The summed E-state index contributed by atoms with van der Waals surface area (Å²) in [4.78, 5) is 15.4. The van der Waals surface area contributed by atoms with E-state index in [2.05, 4.69) is 15.1 Å². The van der Waals surface area contributed by atoms with Gasteiger partial charge >= 0.3 is 5.69 Å². The van der Waals surface area contributed by atoms with Crippen molar-refractivity contribution in [2.24, 2.45) is 0 Å². The summed E-state index contributed by atoms with van der Waals surface area (Å²) in [6.07, 6.45) is 2.16. The van der Waals surface area contributed by atoms with E-state index in [0.717, 1.165) is 57.8 Å². The SMILES string of the molecule is COc1cc(N2CCC(N3CCNCC3)CC2)c(Cl)cc1[N+](=O)[O-]. The maximum Gasteiger partial charge on any atom is 0.312 e. The molecule has 24 heavy (non-hydrogen) atoms. The van der Waals surface area contributed by atoms with E-state index in [1.54, 1.807) is 6.07 Å². The third-order valence-electron chi connectivity index (χ3n) is 4.92. The van der Waals surface area contributed by atoms with E-state index in [1.165, 1.54) is 13.2 Å². The zero-order chi connectivity index (χ0) is 17.1. The molecule has 2 aliphatic rings. The fourth-order valence-electron chi connectivity index (χ4n) is 3.60. The summed E-state index contributed by atoms with van der Waals surface area (Å²) in [5, 5.41) is 14.9. The van der Waals surface area contributed by atoms with Gasteiger partial charge in [0.15, 0.2) is 5.75 Å². The van der Waals surface area contributed by atoms with Gasteiger partial charge in [-0.15, -0.1) is 0 Å². The maximum absolute atomic E-state index is 11.1. The van der Waals surface area contributed by atoms with Gasteiger partial charge in [-0.25, -0.2) is 0 Å². The van der Waals surface area contributed by atoms with Crippen LogP contribution in [0.1, 0.15) is 12.8 Å². The number of anilines is 1. The molecule has 0 spiro atoms. The first-order valence-corrected chi connectivity index (χ1v) is 8.69. The van der Waals surface area contributed by atoms with Crippen LogP contribution in [-0.2, 0) is 0 Å². The number of hydrogen-bond donors (Lipinski definition) is 1. The standard InChI is InChI=1S/C16H23ClN4O3/c1-24-16-11-14(13(17)10-15(16)21(22)23)20-6-2-12(3-7-20)19-8-4-18-5-9-19/h10-12,18H,2-9H2,1H3. The molecule has 0 bridgehead atoms. The predicted octanol–water partition coefficient (Wildman–Crippen LogP) is 2.13. The van der Waals surface area contributed by atoms with Crippen molar-refractivity contribution in [2.45, 2.75) is 18.9 Å². The Morgan fingerprint density at radius 3 is 2.50 bits per heavy atom. The van der Waals surface area contributed by atoms with Gasteiger partial charge in [-0.2, -0.15) is 0 Å². The first-order chi connectivity index (χ1) is 11.6. The van der Waals surface area contributed by atoms with Gasteiger partial charge in [-0.3, -0.25) is 15.0 Å². The van der Waals surface area contributed by atoms with Gasteiger partial charge in [0.25, 0.3) is 0 Å². The molecule has 1 aromatic carbocycles. The molecule has 7 nitrogen and oxygen atoms in total. The van der Waals surface area contributed by atoms with Crippen LogP contribution in [0.2, 0.25) is 5.02 Å². The number of ether oxygens (including phenoxy) is 1. The molecule has 0 unspecified atom stereocenters. The minimum absolute atomic E-state index is 0.0954. The summed E-state index contributed by atoms with van der Waals surface area (Å²) in [6, 6.07) is 3.69. The molecule has 0 aliphatic carbocycles. The highest BCUT2D eigenvalue weighted by Gasteiger charge is 2.28. The normalized spacial score (nSPS) is 20.2. The van der Waals surface area contributed by atoms with Crippen molar-refractivity contribution in [3.8, 4) is 5.75 Å². The van der Waals surface area contributed by atoms with Crippen molar-refractivity contribution >= 4 is 23.0 Å². The van der Waals surface area contributed by atoms with Gasteiger partial charge in [-0.1, -0.05) is 11.6 Å². The molecule has 0 amide bonds. The van der Waals surface area contributed by atoms with Crippen LogP contribution in [0.5, 0.6) is 5.75 Å². The lowest BCUT2D eigenvalue weighted by Crippen LogP contribution is -2.52. The number of benzene rings is 1. The number of halogens is 1. The summed E-state index contributed by atoms with van der Waals surface area (Å²) < 4.78 is 5.17. The van der Waals surface area contributed by atoms with Crippen LogP contribution in [0.25, 0.3) is 0 Å². The third-order valence-corrected chi connectivity index (χ3v) is 5.22. The smallest absolute Gasteiger partial charge is 0.312 e. The van der Waals surface area contributed by atoms with E-state index in [-0.39, 0.29) is 11.4 Å². The summed E-state index contributed by atoms with van der Waals surface area (Å²) in [6.45, 7) is 6.13. The number of methoxy groups -OCH3 is 1. The third kappa shape index (κ3) is 3.58. The zero-order valence-electron chi connectivity index (χ0n) is 13.8. The lowest BCUT2D eigenvalue weighted by molar-refractivity contribution is -0.385. The van der Waals surface area contributed by atoms with E-state index in [1.807, 2.05) is 0 Å². The molecule has 3 rings (SSSR count). The van der Waals surface area contributed by atoms with Crippen molar-refractivity contribution in [3.63, 3.8) is 0 Å². The second-order valence-corrected chi connectivity index (χ2v) is 6.64. The number of nitro groups is 1. The van der Waals surface area contributed by atoms with Crippen LogP contribution in [0.3, 0.4) is 0 Å². The number of nitrogens with one attached hydrogen (secondary N) is 1. The van der Waals surface area contributed by atoms with Gasteiger partial charge in [0.1, 0.15) is 0 Å². The molecule has 2 heterocycles. The minimum atomic E-state index is -0.467. The molecule has 132 valence electrons. The Bertz CT molecular complexity index is 599. The van der Waals surface area contributed by atoms with Crippen LogP contribution >= 0.6 is 11.6 Å². The topological polar surface area (TPSA) is 70.9 Å². The molecular weight excluding hydrogens is 332 g/mol. The van der Waals surface area contributed by atoms with E-state index in [9.17, 15) is 10.1 Å². The highest BCUT2D eigenvalue weighted by molar-refractivity contribution is 6.33. The Labute approximate surface area is 146 Å². The molecule has 2 fully saturated rings. The molecule has 0 saturated carbocycles. The molecule has 0 atom stereocenters. The Morgan fingerprint density at radius 2 is 1.92 bits per heavy atom. The Morgan fingerprint density at radius 1 is 1.25 bits per heavy atom. The number of hydrogen-bond acceptors (Lipinski definition) is 6. The van der Waals surface area contributed by atoms with Crippen LogP contribution in [0.15, 0.2) is 12.1 Å². The summed E-state index contributed by atoms with van der Waals surface area (Å²) in [5.74, 6) is 0.253. The van der Waals surface area contributed by atoms with Gasteiger partial charge < -0.3 is 15.0 Å². The average molecular weight is 355 g/mol. The van der Waals surface area contributed by atoms with E-state index in [0.29, 0.717) is 11.1 Å². The van der Waals surface area contributed by atoms with Crippen LogP contribution in [0.4, 0.5) is 11.4 Å². The van der Waals surface area contributed by atoms with Crippen molar-refractivity contribution < 1.29 is 9.66 Å². The summed E-state index contributed by atoms with van der Waals surface area (Å²) in [7, 11) is 1.44. The van der Waals surface area contributed by atoms with Gasteiger partial charge in [0, 0.05) is 57.4 Å². The molecule has 1 N–H and O–H groups in total. The van der Waals surface area contributed by atoms with Crippen molar-refractivity contribution in [1.82, 2.24) is 10.2 Å². The highest BCUT2D eigenvalue weighted by atomic mass is 35.5.